The zero-order valence-electron chi connectivity index (χ0n) is 20.2. The van der Waals surface area contributed by atoms with Crippen molar-refractivity contribution in [3.8, 4) is 12.5 Å². The van der Waals surface area contributed by atoms with Crippen LogP contribution in [0.2, 0.25) is 0 Å². The van der Waals surface area contributed by atoms with Crippen molar-refractivity contribution in [2.45, 2.75) is 78.6 Å². The Morgan fingerprint density at radius 3 is 2.03 bits per heavy atom. The van der Waals surface area contributed by atoms with Crippen LogP contribution in [0.4, 0.5) is 4.79 Å². The minimum atomic E-state index is -1.09. The van der Waals surface area contributed by atoms with Crippen LogP contribution < -0.4 is 10.6 Å². The van der Waals surface area contributed by atoms with Crippen molar-refractivity contribution >= 4 is 30.5 Å². The van der Waals surface area contributed by atoms with Gasteiger partial charge in [-0.1, -0.05) is 35.7 Å². The van der Waals surface area contributed by atoms with Gasteiger partial charge in [0.2, 0.25) is 5.91 Å². The maximum Gasteiger partial charge on any atom is 0.408 e. The van der Waals surface area contributed by atoms with E-state index >= 15 is 0 Å². The van der Waals surface area contributed by atoms with Crippen LogP contribution in [0.15, 0.2) is 18.2 Å². The first-order chi connectivity index (χ1) is 14.6. The zero-order chi connectivity index (χ0) is 24.9. The molecule has 0 saturated carbocycles. The average Bonchev–Trinajstić information content (AvgIpc) is 2.59. The first-order valence-corrected chi connectivity index (χ1v) is 11.0. The van der Waals surface area contributed by atoms with Crippen molar-refractivity contribution in [3.05, 3.63) is 34.9 Å². The number of ether oxygens (including phenoxy) is 1. The van der Waals surface area contributed by atoms with Gasteiger partial charge >= 0.3 is 6.09 Å². The Labute approximate surface area is 197 Å². The zero-order valence-corrected chi connectivity index (χ0v) is 21.1. The second kappa shape index (κ2) is 10.8. The number of nitrogens with one attached hydrogen (secondary N) is 2. The lowest BCUT2D eigenvalue weighted by atomic mass is 9.98. The van der Waals surface area contributed by atoms with Crippen LogP contribution in [0.5, 0.6) is 0 Å². The van der Waals surface area contributed by atoms with Crippen molar-refractivity contribution in [2.24, 2.45) is 0 Å². The normalized spacial score (nSPS) is 13.4. The second-order valence-electron chi connectivity index (χ2n) is 9.78. The number of rotatable bonds is 6. The highest BCUT2D eigenvalue weighted by molar-refractivity contribution is 7.80. The summed E-state index contributed by atoms with van der Waals surface area (Å²) in [5.41, 5.74) is 1.14. The van der Waals surface area contributed by atoms with Crippen LogP contribution in [-0.2, 0) is 14.3 Å². The summed E-state index contributed by atoms with van der Waals surface area (Å²) in [6.45, 7) is 14.5. The summed E-state index contributed by atoms with van der Waals surface area (Å²) in [5, 5.41) is 5.39. The predicted octanol–water partition coefficient (Wildman–Crippen LogP) is 3.50. The van der Waals surface area contributed by atoms with E-state index in [1.54, 1.807) is 20.8 Å². The molecule has 1 aromatic rings. The fraction of sp³-hybridized carbons (Fsp3) is 0.542. The Bertz CT molecular complexity index is 874. The lowest BCUT2D eigenvalue weighted by Crippen LogP contribution is -2.53. The van der Waals surface area contributed by atoms with Gasteiger partial charge in [-0.2, -0.15) is 12.6 Å². The average molecular weight is 462 g/mol. The van der Waals surface area contributed by atoms with E-state index in [0.717, 1.165) is 16.0 Å². The van der Waals surface area contributed by atoms with Crippen LogP contribution >= 0.6 is 12.6 Å². The SMILES string of the molecule is C#CN(C(=O)C(CS)NC(=O)OC(C)(C)C)C(C(=O)NC(C)(C)C)c1cc(C)cc(C)c1. The topological polar surface area (TPSA) is 87.7 Å². The van der Waals surface area contributed by atoms with Gasteiger partial charge in [0.15, 0.2) is 0 Å². The van der Waals surface area contributed by atoms with E-state index in [-0.39, 0.29) is 5.75 Å². The molecular formula is C24H35N3O4S. The minimum Gasteiger partial charge on any atom is -0.444 e. The van der Waals surface area contributed by atoms with Gasteiger partial charge in [-0.25, -0.2) is 4.79 Å². The van der Waals surface area contributed by atoms with E-state index in [4.69, 9.17) is 11.2 Å². The molecule has 2 unspecified atom stereocenters. The third-order valence-corrected chi connectivity index (χ3v) is 4.48. The summed E-state index contributed by atoms with van der Waals surface area (Å²) < 4.78 is 5.24. The van der Waals surface area contributed by atoms with Crippen molar-refractivity contribution in [1.29, 1.82) is 0 Å². The minimum absolute atomic E-state index is 0.0310. The van der Waals surface area contributed by atoms with Gasteiger partial charge in [0, 0.05) is 17.3 Å². The number of benzene rings is 1. The summed E-state index contributed by atoms with van der Waals surface area (Å²) >= 11 is 4.20. The highest BCUT2D eigenvalue weighted by atomic mass is 32.1. The van der Waals surface area contributed by atoms with Crippen LogP contribution in [0, 0.1) is 26.3 Å². The maximum absolute atomic E-state index is 13.3. The van der Waals surface area contributed by atoms with Gasteiger partial charge in [0.25, 0.3) is 5.91 Å². The molecule has 1 aromatic carbocycles. The number of alkyl carbamates (subject to hydrolysis) is 1. The second-order valence-corrected chi connectivity index (χ2v) is 10.1. The number of hydrogen-bond donors (Lipinski definition) is 3. The van der Waals surface area contributed by atoms with Gasteiger partial charge in [0.05, 0.1) is 0 Å². The third-order valence-electron chi connectivity index (χ3n) is 4.11. The van der Waals surface area contributed by atoms with Gasteiger partial charge in [-0.3, -0.25) is 14.5 Å². The lowest BCUT2D eigenvalue weighted by Gasteiger charge is -2.32. The van der Waals surface area contributed by atoms with Crippen molar-refractivity contribution in [2.75, 3.05) is 5.75 Å². The van der Waals surface area contributed by atoms with Crippen LogP contribution in [0.1, 0.15) is 64.3 Å². The number of carbonyl (C=O) groups is 3. The largest absolute Gasteiger partial charge is 0.444 e. The summed E-state index contributed by atoms with van der Waals surface area (Å²) in [4.78, 5) is 39.9. The predicted molar refractivity (Wildman–Crippen MR) is 129 cm³/mol. The Hall–Kier alpha value is -2.66. The molecule has 0 heterocycles. The number of aryl methyl sites for hydroxylation is 2. The number of terminal acetylenes is 1. The van der Waals surface area contributed by atoms with Crippen LogP contribution in [0.25, 0.3) is 0 Å². The first-order valence-electron chi connectivity index (χ1n) is 10.4. The summed E-state index contributed by atoms with van der Waals surface area (Å²) in [6, 6.07) is 5.76. The summed E-state index contributed by atoms with van der Waals surface area (Å²) in [7, 11) is 0. The molecule has 0 aromatic heterocycles. The number of thiol groups is 1. The summed E-state index contributed by atoms with van der Waals surface area (Å²) in [5.74, 6) is -1.10. The standard InChI is InChI=1S/C24H35N3O4S/c1-10-27(21(29)18(14-32)25-22(30)31-24(7,8)9)19(20(28)26-23(4,5)6)17-12-15(2)11-16(3)13-17/h1,11-13,18-19,32H,14H2,2-9H3,(H,25,30)(H,26,28). The Morgan fingerprint density at radius 2 is 1.62 bits per heavy atom. The summed E-state index contributed by atoms with van der Waals surface area (Å²) in [6.07, 6.45) is 4.95. The van der Waals surface area contributed by atoms with Crippen molar-refractivity contribution < 1.29 is 19.1 Å². The molecule has 0 radical (unpaired) electrons. The smallest absolute Gasteiger partial charge is 0.408 e. The van der Waals surface area contributed by atoms with Gasteiger partial charge in [-0.05, 0) is 61.0 Å². The Morgan fingerprint density at radius 1 is 1.09 bits per heavy atom. The molecule has 3 amide bonds. The van der Waals surface area contributed by atoms with E-state index < -0.39 is 41.1 Å². The van der Waals surface area contributed by atoms with Crippen molar-refractivity contribution in [3.63, 3.8) is 0 Å². The van der Waals surface area contributed by atoms with Gasteiger partial charge < -0.3 is 15.4 Å². The molecule has 0 bridgehead atoms. The molecule has 2 N–H and O–H groups in total. The Kier molecular flexibility index (Phi) is 9.22. The molecule has 2 atom stereocenters. The van der Waals surface area contributed by atoms with Crippen LogP contribution in [-0.4, -0.2) is 45.7 Å². The molecule has 32 heavy (non-hydrogen) atoms. The number of nitrogens with zero attached hydrogens (tertiary/aromatic N) is 1. The molecule has 0 saturated heterocycles. The third kappa shape index (κ3) is 8.46. The van der Waals surface area contributed by atoms with E-state index in [0.29, 0.717) is 5.56 Å². The number of amides is 3. The van der Waals surface area contributed by atoms with E-state index in [1.165, 1.54) is 0 Å². The molecule has 0 aliphatic heterocycles. The first kappa shape index (κ1) is 27.4. The molecular weight excluding hydrogens is 426 g/mol. The molecule has 0 aliphatic carbocycles. The molecule has 8 heteroatoms. The quantitative estimate of drug-likeness (QED) is 0.344. The lowest BCUT2D eigenvalue weighted by molar-refractivity contribution is -0.138. The molecule has 7 nitrogen and oxygen atoms in total. The van der Waals surface area contributed by atoms with Gasteiger partial charge in [0.1, 0.15) is 17.7 Å². The number of carbonyl (C=O) groups excluding carboxylic acids is 3. The highest BCUT2D eigenvalue weighted by Gasteiger charge is 2.36. The maximum atomic E-state index is 13.3. The molecule has 176 valence electrons. The van der Waals surface area contributed by atoms with E-state index in [9.17, 15) is 14.4 Å². The van der Waals surface area contributed by atoms with Gasteiger partial charge in [-0.15, -0.1) is 0 Å². The molecule has 0 aliphatic rings. The molecule has 0 spiro atoms. The van der Waals surface area contributed by atoms with E-state index in [1.807, 2.05) is 52.8 Å². The molecule has 0 fully saturated rings. The van der Waals surface area contributed by atoms with Crippen molar-refractivity contribution in [1.82, 2.24) is 15.5 Å². The van der Waals surface area contributed by atoms with Crippen LogP contribution in [0.3, 0.4) is 0 Å². The molecule has 1 rings (SSSR count). The monoisotopic (exact) mass is 461 g/mol. The Balaban J connectivity index is 3.38. The fourth-order valence-electron chi connectivity index (χ4n) is 3.09. The fourth-order valence-corrected chi connectivity index (χ4v) is 3.34. The van der Waals surface area contributed by atoms with E-state index in [2.05, 4.69) is 29.3 Å². The highest BCUT2D eigenvalue weighted by Crippen LogP contribution is 2.25. The number of hydrogen-bond acceptors (Lipinski definition) is 5.